The molecule has 0 aliphatic carbocycles. The van der Waals surface area contributed by atoms with Crippen molar-refractivity contribution >= 4 is 23.2 Å². The van der Waals surface area contributed by atoms with E-state index in [0.717, 1.165) is 0 Å². The second-order valence-corrected chi connectivity index (χ2v) is 6.75. The molecule has 1 aliphatic rings. The Morgan fingerprint density at radius 3 is 2.70 bits per heavy atom. The summed E-state index contributed by atoms with van der Waals surface area (Å²) in [7, 11) is 0. The van der Waals surface area contributed by atoms with E-state index in [0.29, 0.717) is 31.3 Å². The summed E-state index contributed by atoms with van der Waals surface area (Å²) in [6.45, 7) is 5.15. The number of halogens is 2. The second kappa shape index (κ2) is 9.72. The van der Waals surface area contributed by atoms with Gasteiger partial charge in [-0.05, 0) is 30.7 Å². The normalized spacial score (nSPS) is 16.1. The topological polar surface area (TPSA) is 96.7 Å². The summed E-state index contributed by atoms with van der Waals surface area (Å²) in [5.41, 5.74) is 5.63. The van der Waals surface area contributed by atoms with Crippen molar-refractivity contribution in [3.8, 4) is 0 Å². The van der Waals surface area contributed by atoms with Crippen molar-refractivity contribution in [3.05, 3.63) is 23.8 Å². The first-order valence-corrected chi connectivity index (χ1v) is 8.88. The molecule has 150 valence electrons. The van der Waals surface area contributed by atoms with Gasteiger partial charge < -0.3 is 26.0 Å². The van der Waals surface area contributed by atoms with Gasteiger partial charge in [-0.15, -0.1) is 0 Å². The number of alkyl halides is 2. The van der Waals surface area contributed by atoms with Crippen LogP contribution < -0.4 is 21.3 Å². The highest BCUT2D eigenvalue weighted by molar-refractivity contribution is 5.97. The number of ether oxygens (including phenoxy) is 1. The number of anilines is 2. The van der Waals surface area contributed by atoms with E-state index in [9.17, 15) is 18.4 Å². The molecule has 0 spiro atoms. The molecule has 9 heteroatoms. The largest absolute Gasteiger partial charge is 0.370 e. The molecule has 1 aliphatic heterocycles. The number of hydrogen-bond acceptors (Lipinski definition) is 5. The minimum Gasteiger partial charge on any atom is -0.370 e. The molecule has 0 saturated carbocycles. The number of benzene rings is 1. The molecule has 1 atom stereocenters. The van der Waals surface area contributed by atoms with Crippen LogP contribution in [0.1, 0.15) is 25.8 Å². The minimum absolute atomic E-state index is 0.00394. The quantitative estimate of drug-likeness (QED) is 0.631. The molecule has 1 heterocycles. The van der Waals surface area contributed by atoms with Crippen LogP contribution in [0.15, 0.2) is 18.2 Å². The standard InChI is InChI=1S/C18H26F2N4O3/c1-11(2)9-22-15(8-21)18(26)23-14-4-3-12(7-13(14)17(19)20)24-5-6-27-10-16(24)25/h3-4,7,11,15,17,22H,5-6,8-10,21H2,1-2H3,(H,23,26)/t15-/m1/s1. The predicted octanol–water partition coefficient (Wildman–Crippen LogP) is 1.50. The summed E-state index contributed by atoms with van der Waals surface area (Å²) in [5, 5.41) is 5.53. The fraction of sp³-hybridized carbons (Fsp3) is 0.556. The van der Waals surface area contributed by atoms with Crippen molar-refractivity contribution < 1.29 is 23.1 Å². The molecule has 0 bridgehead atoms. The summed E-state index contributed by atoms with van der Waals surface area (Å²) in [6, 6.07) is 3.46. The number of hydrogen-bond donors (Lipinski definition) is 3. The maximum absolute atomic E-state index is 13.5. The lowest BCUT2D eigenvalue weighted by molar-refractivity contribution is -0.125. The van der Waals surface area contributed by atoms with Crippen molar-refractivity contribution in [2.24, 2.45) is 11.7 Å². The number of nitrogens with two attached hydrogens (primary N) is 1. The lowest BCUT2D eigenvalue weighted by Gasteiger charge is -2.27. The summed E-state index contributed by atoms with van der Waals surface area (Å²) in [4.78, 5) is 25.7. The van der Waals surface area contributed by atoms with Crippen LogP contribution in [0.2, 0.25) is 0 Å². The second-order valence-electron chi connectivity index (χ2n) is 6.75. The zero-order chi connectivity index (χ0) is 20.0. The zero-order valence-corrected chi connectivity index (χ0v) is 15.5. The van der Waals surface area contributed by atoms with Gasteiger partial charge in [0.25, 0.3) is 12.3 Å². The molecule has 4 N–H and O–H groups in total. The van der Waals surface area contributed by atoms with E-state index in [1.165, 1.54) is 23.1 Å². The Hall–Kier alpha value is -2.10. The Labute approximate surface area is 157 Å². The maximum Gasteiger partial charge on any atom is 0.265 e. The monoisotopic (exact) mass is 384 g/mol. The SMILES string of the molecule is CC(C)CN[C@H](CN)C(=O)Nc1ccc(N2CCOCC2=O)cc1C(F)F. The van der Waals surface area contributed by atoms with Gasteiger partial charge in [-0.3, -0.25) is 9.59 Å². The predicted molar refractivity (Wildman–Crippen MR) is 98.9 cm³/mol. The fourth-order valence-corrected chi connectivity index (χ4v) is 2.68. The smallest absolute Gasteiger partial charge is 0.265 e. The van der Waals surface area contributed by atoms with Crippen LogP contribution in [-0.4, -0.2) is 50.7 Å². The van der Waals surface area contributed by atoms with Gasteiger partial charge in [0.1, 0.15) is 6.61 Å². The Morgan fingerprint density at radius 2 is 2.11 bits per heavy atom. The number of carbonyl (C=O) groups is 2. The molecule has 0 unspecified atom stereocenters. The molecule has 1 aromatic carbocycles. The van der Waals surface area contributed by atoms with Crippen LogP contribution in [0.4, 0.5) is 20.2 Å². The molecule has 1 aromatic rings. The first-order valence-electron chi connectivity index (χ1n) is 8.88. The summed E-state index contributed by atoms with van der Waals surface area (Å²) < 4.78 is 32.1. The molecular formula is C18H26F2N4O3. The third kappa shape index (κ3) is 5.69. The van der Waals surface area contributed by atoms with Crippen LogP contribution in [0.5, 0.6) is 0 Å². The maximum atomic E-state index is 13.5. The summed E-state index contributed by atoms with van der Waals surface area (Å²) in [6.07, 6.45) is -2.81. The molecule has 0 aromatic heterocycles. The van der Waals surface area contributed by atoms with Gasteiger partial charge in [0.05, 0.1) is 12.6 Å². The fourth-order valence-electron chi connectivity index (χ4n) is 2.68. The van der Waals surface area contributed by atoms with E-state index >= 15 is 0 Å². The number of rotatable bonds is 8. The Morgan fingerprint density at radius 1 is 1.37 bits per heavy atom. The van der Waals surface area contributed by atoms with Crippen molar-refractivity contribution in [2.45, 2.75) is 26.3 Å². The number of morpholine rings is 1. The van der Waals surface area contributed by atoms with Crippen molar-refractivity contribution in [3.63, 3.8) is 0 Å². The van der Waals surface area contributed by atoms with Gasteiger partial charge in [-0.2, -0.15) is 0 Å². The number of nitrogens with zero attached hydrogens (tertiary/aromatic N) is 1. The van der Waals surface area contributed by atoms with Crippen LogP contribution >= 0.6 is 0 Å². The highest BCUT2D eigenvalue weighted by atomic mass is 19.3. The van der Waals surface area contributed by atoms with E-state index in [1.807, 2.05) is 13.8 Å². The third-order valence-corrected chi connectivity index (χ3v) is 4.15. The third-order valence-electron chi connectivity index (χ3n) is 4.15. The van der Waals surface area contributed by atoms with Crippen LogP contribution in [0.25, 0.3) is 0 Å². The lowest BCUT2D eigenvalue weighted by atomic mass is 10.1. The van der Waals surface area contributed by atoms with Crippen LogP contribution in [-0.2, 0) is 14.3 Å². The number of nitrogens with one attached hydrogen (secondary N) is 2. The van der Waals surface area contributed by atoms with E-state index in [4.69, 9.17) is 10.5 Å². The van der Waals surface area contributed by atoms with Gasteiger partial charge in [0, 0.05) is 30.0 Å². The Bertz CT molecular complexity index is 670. The van der Waals surface area contributed by atoms with Gasteiger partial charge in [-0.25, -0.2) is 8.78 Å². The van der Waals surface area contributed by atoms with Crippen molar-refractivity contribution in [1.82, 2.24) is 5.32 Å². The lowest BCUT2D eigenvalue weighted by Crippen LogP contribution is -2.47. The number of carbonyl (C=O) groups excluding carboxylic acids is 2. The van der Waals surface area contributed by atoms with E-state index in [1.54, 1.807) is 0 Å². The van der Waals surface area contributed by atoms with Gasteiger partial charge in [0.15, 0.2) is 0 Å². The summed E-state index contributed by atoms with van der Waals surface area (Å²) in [5.74, 6) is -0.455. The number of amides is 2. The van der Waals surface area contributed by atoms with Gasteiger partial charge in [0.2, 0.25) is 5.91 Å². The van der Waals surface area contributed by atoms with E-state index in [-0.39, 0.29) is 30.3 Å². The average Bonchev–Trinajstić information content (AvgIpc) is 2.62. The molecule has 2 rings (SSSR count). The Balaban J connectivity index is 2.18. The Kier molecular flexibility index (Phi) is 7.64. The molecule has 1 saturated heterocycles. The highest BCUT2D eigenvalue weighted by Crippen LogP contribution is 2.31. The summed E-state index contributed by atoms with van der Waals surface area (Å²) >= 11 is 0. The molecule has 2 amide bonds. The highest BCUT2D eigenvalue weighted by Gasteiger charge is 2.24. The van der Waals surface area contributed by atoms with Crippen molar-refractivity contribution in [2.75, 3.05) is 43.1 Å². The molecule has 0 radical (unpaired) electrons. The molecule has 27 heavy (non-hydrogen) atoms. The molecule has 1 fully saturated rings. The van der Waals surface area contributed by atoms with Crippen LogP contribution in [0, 0.1) is 5.92 Å². The zero-order valence-electron chi connectivity index (χ0n) is 15.5. The molecule has 7 nitrogen and oxygen atoms in total. The van der Waals surface area contributed by atoms with Crippen molar-refractivity contribution in [1.29, 1.82) is 0 Å². The first kappa shape index (κ1) is 21.2. The first-order chi connectivity index (χ1) is 12.8. The van der Waals surface area contributed by atoms with Gasteiger partial charge >= 0.3 is 0 Å². The molecular weight excluding hydrogens is 358 g/mol. The van der Waals surface area contributed by atoms with Gasteiger partial charge in [-0.1, -0.05) is 13.8 Å². The average molecular weight is 384 g/mol. The van der Waals surface area contributed by atoms with E-state index in [2.05, 4.69) is 10.6 Å². The minimum atomic E-state index is -2.81. The van der Waals surface area contributed by atoms with Crippen LogP contribution in [0.3, 0.4) is 0 Å². The van der Waals surface area contributed by atoms with E-state index < -0.39 is 18.4 Å².